The minimum atomic E-state index is -0.580. The van der Waals surface area contributed by atoms with Gasteiger partial charge < -0.3 is 14.8 Å². The van der Waals surface area contributed by atoms with Crippen LogP contribution in [0.25, 0.3) is 0 Å². The molecule has 0 radical (unpaired) electrons. The Hall–Kier alpha value is -2.40. The molecule has 0 bridgehead atoms. The number of carbonyl (C=O) groups excluding carboxylic acids is 1. The van der Waals surface area contributed by atoms with E-state index in [-0.39, 0.29) is 17.1 Å². The van der Waals surface area contributed by atoms with Gasteiger partial charge >= 0.3 is 0 Å². The number of methoxy groups -OCH3 is 1. The molecule has 1 heterocycles. The van der Waals surface area contributed by atoms with E-state index in [1.54, 1.807) is 7.11 Å². The summed E-state index contributed by atoms with van der Waals surface area (Å²) in [4.78, 5) is 13.4. The van der Waals surface area contributed by atoms with E-state index in [1.165, 1.54) is 12.1 Å². The normalized spacial score (nSPS) is 19.6. The van der Waals surface area contributed by atoms with Crippen molar-refractivity contribution < 1.29 is 18.7 Å². The Bertz CT molecular complexity index is 822. The molecule has 0 atom stereocenters. The fraction of sp³-hybridized carbons (Fsp3) is 0.435. The highest BCUT2D eigenvalue weighted by Crippen LogP contribution is 2.48. The second kappa shape index (κ2) is 7.55. The number of hydrogen-bond donors (Lipinski definition) is 1. The number of benzene rings is 2. The standard InChI is InChI=1S/C23H26FNO3/c1-27-20-8-4-18(5-9-20)23(12-14-28-15-13-23)21(26)25-16-22(10-11-22)17-2-6-19(24)7-3-17/h2-9H,10-16H2,1H3,(H,25,26). The monoisotopic (exact) mass is 383 g/mol. The van der Waals surface area contributed by atoms with E-state index in [1.807, 2.05) is 36.4 Å². The average molecular weight is 383 g/mol. The van der Waals surface area contributed by atoms with Crippen molar-refractivity contribution in [1.29, 1.82) is 0 Å². The smallest absolute Gasteiger partial charge is 0.230 e. The molecule has 1 saturated heterocycles. The first kappa shape index (κ1) is 18.9. The van der Waals surface area contributed by atoms with Crippen LogP contribution in [0.5, 0.6) is 5.75 Å². The van der Waals surface area contributed by atoms with E-state index in [0.29, 0.717) is 32.6 Å². The van der Waals surface area contributed by atoms with Gasteiger partial charge in [-0.25, -0.2) is 4.39 Å². The first-order chi connectivity index (χ1) is 13.6. The van der Waals surface area contributed by atoms with Crippen LogP contribution in [0.15, 0.2) is 48.5 Å². The quantitative estimate of drug-likeness (QED) is 0.827. The topological polar surface area (TPSA) is 47.6 Å². The molecule has 4 rings (SSSR count). The molecular formula is C23H26FNO3. The number of hydrogen-bond acceptors (Lipinski definition) is 3. The molecule has 0 aromatic heterocycles. The van der Waals surface area contributed by atoms with Gasteiger partial charge in [-0.15, -0.1) is 0 Å². The van der Waals surface area contributed by atoms with Gasteiger partial charge in [-0.1, -0.05) is 24.3 Å². The lowest BCUT2D eigenvalue weighted by molar-refractivity contribution is -0.130. The fourth-order valence-corrected chi connectivity index (χ4v) is 4.22. The van der Waals surface area contributed by atoms with Crippen molar-refractivity contribution in [3.05, 3.63) is 65.5 Å². The van der Waals surface area contributed by atoms with Crippen LogP contribution in [0, 0.1) is 5.82 Å². The maximum atomic E-state index is 13.4. The summed E-state index contributed by atoms with van der Waals surface area (Å²) in [5.74, 6) is 0.596. The number of halogens is 1. The third kappa shape index (κ3) is 3.51. The summed E-state index contributed by atoms with van der Waals surface area (Å²) in [6.07, 6.45) is 3.35. The zero-order valence-corrected chi connectivity index (χ0v) is 16.2. The zero-order valence-electron chi connectivity index (χ0n) is 16.2. The Balaban J connectivity index is 1.52. The molecule has 0 unspecified atom stereocenters. The fourth-order valence-electron chi connectivity index (χ4n) is 4.22. The van der Waals surface area contributed by atoms with Crippen molar-refractivity contribution in [2.75, 3.05) is 26.9 Å². The van der Waals surface area contributed by atoms with Gasteiger partial charge in [0.25, 0.3) is 0 Å². The predicted molar refractivity (Wildman–Crippen MR) is 105 cm³/mol. The Morgan fingerprint density at radius 2 is 1.61 bits per heavy atom. The van der Waals surface area contributed by atoms with Gasteiger partial charge in [0.15, 0.2) is 0 Å². The lowest BCUT2D eigenvalue weighted by atomic mass is 9.73. The highest BCUT2D eigenvalue weighted by molar-refractivity contribution is 5.88. The summed E-state index contributed by atoms with van der Waals surface area (Å²) < 4.78 is 24.0. The Labute approximate surface area is 165 Å². The second-order valence-corrected chi connectivity index (χ2v) is 7.89. The molecule has 5 heteroatoms. The highest BCUT2D eigenvalue weighted by atomic mass is 19.1. The molecule has 2 aromatic carbocycles. The third-order valence-electron chi connectivity index (χ3n) is 6.32. The van der Waals surface area contributed by atoms with E-state index < -0.39 is 5.41 Å². The van der Waals surface area contributed by atoms with Crippen molar-refractivity contribution in [2.45, 2.75) is 36.5 Å². The van der Waals surface area contributed by atoms with E-state index in [9.17, 15) is 9.18 Å². The SMILES string of the molecule is COc1ccc(C2(C(=O)NCC3(c4ccc(F)cc4)CC3)CCOCC2)cc1. The second-order valence-electron chi connectivity index (χ2n) is 7.89. The molecule has 4 nitrogen and oxygen atoms in total. The maximum Gasteiger partial charge on any atom is 0.230 e. The summed E-state index contributed by atoms with van der Waals surface area (Å²) in [6.45, 7) is 1.72. The van der Waals surface area contributed by atoms with Crippen molar-refractivity contribution in [2.24, 2.45) is 0 Å². The van der Waals surface area contributed by atoms with Crippen LogP contribution in [0.1, 0.15) is 36.8 Å². The Kier molecular flexibility index (Phi) is 5.11. The lowest BCUT2D eigenvalue weighted by Gasteiger charge is -2.37. The maximum absolute atomic E-state index is 13.4. The molecule has 1 aliphatic carbocycles. The number of amides is 1. The molecule has 2 aromatic rings. The molecule has 2 fully saturated rings. The predicted octanol–water partition coefficient (Wildman–Crippen LogP) is 3.73. The summed E-state index contributed by atoms with van der Waals surface area (Å²) in [5, 5.41) is 3.22. The van der Waals surface area contributed by atoms with E-state index in [0.717, 1.165) is 29.7 Å². The number of carbonyl (C=O) groups is 1. The van der Waals surface area contributed by atoms with Crippen LogP contribution >= 0.6 is 0 Å². The molecule has 0 spiro atoms. The molecule has 1 N–H and O–H groups in total. The zero-order chi connectivity index (χ0) is 19.6. The van der Waals surface area contributed by atoms with Crippen molar-refractivity contribution in [3.63, 3.8) is 0 Å². The molecule has 1 amide bonds. The minimum Gasteiger partial charge on any atom is -0.497 e. The van der Waals surface area contributed by atoms with E-state index >= 15 is 0 Å². The summed E-state index contributed by atoms with van der Waals surface area (Å²) in [6, 6.07) is 14.4. The summed E-state index contributed by atoms with van der Waals surface area (Å²) in [5.41, 5.74) is 1.46. The van der Waals surface area contributed by atoms with Crippen molar-refractivity contribution >= 4 is 5.91 Å². The summed E-state index contributed by atoms with van der Waals surface area (Å²) in [7, 11) is 1.64. The van der Waals surface area contributed by atoms with Crippen LogP contribution in [0.3, 0.4) is 0 Å². The van der Waals surface area contributed by atoms with Gasteiger partial charge in [0, 0.05) is 25.2 Å². The first-order valence-corrected chi connectivity index (χ1v) is 9.85. The molecule has 1 aliphatic heterocycles. The van der Waals surface area contributed by atoms with Crippen LogP contribution in [-0.4, -0.2) is 32.8 Å². The summed E-state index contributed by atoms with van der Waals surface area (Å²) >= 11 is 0. The largest absolute Gasteiger partial charge is 0.497 e. The van der Waals surface area contributed by atoms with Gasteiger partial charge in [0.05, 0.1) is 12.5 Å². The van der Waals surface area contributed by atoms with Crippen LogP contribution in [0.2, 0.25) is 0 Å². The van der Waals surface area contributed by atoms with Crippen LogP contribution in [0.4, 0.5) is 4.39 Å². The molecule has 28 heavy (non-hydrogen) atoms. The molecule has 1 saturated carbocycles. The highest BCUT2D eigenvalue weighted by Gasteiger charge is 2.47. The molecule has 148 valence electrons. The van der Waals surface area contributed by atoms with Crippen LogP contribution in [-0.2, 0) is 20.4 Å². The molecule has 2 aliphatic rings. The Morgan fingerprint density at radius 1 is 1.00 bits per heavy atom. The number of rotatable bonds is 6. The van der Waals surface area contributed by atoms with Gasteiger partial charge in [-0.05, 0) is 61.1 Å². The van der Waals surface area contributed by atoms with Gasteiger partial charge in [0.1, 0.15) is 11.6 Å². The van der Waals surface area contributed by atoms with Crippen molar-refractivity contribution in [1.82, 2.24) is 5.32 Å². The third-order valence-corrected chi connectivity index (χ3v) is 6.32. The van der Waals surface area contributed by atoms with Gasteiger partial charge in [-0.2, -0.15) is 0 Å². The minimum absolute atomic E-state index is 0.0503. The van der Waals surface area contributed by atoms with E-state index in [4.69, 9.17) is 9.47 Å². The number of nitrogens with one attached hydrogen (secondary N) is 1. The molecular weight excluding hydrogens is 357 g/mol. The lowest BCUT2D eigenvalue weighted by Crippen LogP contribution is -2.49. The van der Waals surface area contributed by atoms with E-state index in [2.05, 4.69) is 5.32 Å². The average Bonchev–Trinajstić information content (AvgIpc) is 3.54. The number of ether oxygens (including phenoxy) is 2. The Morgan fingerprint density at radius 3 is 2.18 bits per heavy atom. The first-order valence-electron chi connectivity index (χ1n) is 9.85. The van der Waals surface area contributed by atoms with Gasteiger partial charge in [0.2, 0.25) is 5.91 Å². The van der Waals surface area contributed by atoms with Crippen LogP contribution < -0.4 is 10.1 Å². The van der Waals surface area contributed by atoms with Crippen molar-refractivity contribution in [3.8, 4) is 5.75 Å². The van der Waals surface area contributed by atoms with Gasteiger partial charge in [-0.3, -0.25) is 4.79 Å².